The molecule has 4 amide bonds. The Balaban J connectivity index is 1.48. The van der Waals surface area contributed by atoms with E-state index in [1.54, 1.807) is 35.4 Å². The first-order valence-electron chi connectivity index (χ1n) is 9.29. The van der Waals surface area contributed by atoms with Crippen LogP contribution in [0.1, 0.15) is 24.8 Å². The number of urea groups is 1. The number of nitrogens with one attached hydrogen (secondary N) is 3. The van der Waals surface area contributed by atoms with Crippen molar-refractivity contribution in [3.05, 3.63) is 47.1 Å². The first-order chi connectivity index (χ1) is 13.9. The fourth-order valence-corrected chi connectivity index (χ4v) is 3.07. The number of aromatic nitrogens is 1. The highest BCUT2D eigenvalue weighted by Gasteiger charge is 2.22. The van der Waals surface area contributed by atoms with Crippen molar-refractivity contribution in [2.75, 3.05) is 28.6 Å². The predicted molar refractivity (Wildman–Crippen MR) is 112 cm³/mol. The summed E-state index contributed by atoms with van der Waals surface area (Å²) in [5.74, 6) is 0.260. The van der Waals surface area contributed by atoms with Crippen molar-refractivity contribution in [2.45, 2.75) is 26.2 Å². The summed E-state index contributed by atoms with van der Waals surface area (Å²) in [6.45, 7) is 2.70. The molecular weight excluding hydrogens is 394 g/mol. The second-order valence-electron chi connectivity index (χ2n) is 6.71. The minimum atomic E-state index is -0.488. The van der Waals surface area contributed by atoms with Gasteiger partial charge in [0.25, 0.3) is 0 Å². The van der Waals surface area contributed by atoms with Crippen molar-refractivity contribution >= 4 is 46.6 Å². The van der Waals surface area contributed by atoms with Crippen LogP contribution in [-0.4, -0.2) is 35.9 Å². The molecule has 1 aromatic heterocycles. The summed E-state index contributed by atoms with van der Waals surface area (Å²) in [5, 5.41) is 8.29. The van der Waals surface area contributed by atoms with Gasteiger partial charge in [0, 0.05) is 37.8 Å². The number of halogens is 1. The molecule has 1 aliphatic rings. The van der Waals surface area contributed by atoms with Crippen LogP contribution >= 0.6 is 11.6 Å². The van der Waals surface area contributed by atoms with Gasteiger partial charge in [-0.15, -0.1) is 0 Å². The lowest BCUT2D eigenvalue weighted by Crippen LogP contribution is -2.32. The molecule has 0 saturated carbocycles. The second-order valence-corrected chi connectivity index (χ2v) is 7.12. The molecule has 3 N–H and O–H groups in total. The van der Waals surface area contributed by atoms with Gasteiger partial charge in [0.05, 0.1) is 10.7 Å². The highest BCUT2D eigenvalue weighted by molar-refractivity contribution is 6.33. The van der Waals surface area contributed by atoms with Crippen molar-refractivity contribution < 1.29 is 14.4 Å². The summed E-state index contributed by atoms with van der Waals surface area (Å²) in [6, 6.07) is 8.13. The van der Waals surface area contributed by atoms with E-state index in [4.69, 9.17) is 11.6 Å². The van der Waals surface area contributed by atoms with Gasteiger partial charge in [-0.25, -0.2) is 9.78 Å². The Labute approximate surface area is 173 Å². The van der Waals surface area contributed by atoms with E-state index < -0.39 is 6.03 Å². The summed E-state index contributed by atoms with van der Waals surface area (Å²) in [5.41, 5.74) is 2.09. The van der Waals surface area contributed by atoms with Crippen LogP contribution in [-0.2, 0) is 9.59 Å². The SMILES string of the molecule is Cc1ccc(NC(=O)CCNC(=O)Nc2cc(N3CCCC3=O)ccc2Cl)nc1. The molecule has 29 heavy (non-hydrogen) atoms. The molecule has 0 spiro atoms. The van der Waals surface area contributed by atoms with E-state index in [9.17, 15) is 14.4 Å². The maximum absolute atomic E-state index is 12.1. The molecule has 2 heterocycles. The van der Waals surface area contributed by atoms with Crippen LogP contribution in [0.2, 0.25) is 5.02 Å². The first-order valence-corrected chi connectivity index (χ1v) is 9.67. The normalized spacial score (nSPS) is 13.3. The van der Waals surface area contributed by atoms with Gasteiger partial charge < -0.3 is 20.9 Å². The van der Waals surface area contributed by atoms with E-state index in [0.717, 1.165) is 12.0 Å². The van der Waals surface area contributed by atoms with Crippen LogP contribution in [0.3, 0.4) is 0 Å². The number of rotatable bonds is 6. The number of hydrogen-bond donors (Lipinski definition) is 3. The lowest BCUT2D eigenvalue weighted by atomic mass is 10.2. The van der Waals surface area contributed by atoms with Crippen LogP contribution < -0.4 is 20.9 Å². The van der Waals surface area contributed by atoms with Gasteiger partial charge in [-0.3, -0.25) is 9.59 Å². The van der Waals surface area contributed by atoms with Gasteiger partial charge in [-0.1, -0.05) is 17.7 Å². The number of nitrogens with zero attached hydrogens (tertiary/aromatic N) is 2. The zero-order chi connectivity index (χ0) is 20.8. The maximum atomic E-state index is 12.1. The van der Waals surface area contributed by atoms with Crippen LogP contribution in [0.5, 0.6) is 0 Å². The average Bonchev–Trinajstić information content (AvgIpc) is 3.11. The van der Waals surface area contributed by atoms with E-state index in [0.29, 0.717) is 35.2 Å². The molecule has 0 radical (unpaired) electrons. The molecule has 0 aliphatic carbocycles. The van der Waals surface area contributed by atoms with Gasteiger partial charge in [0.2, 0.25) is 11.8 Å². The fourth-order valence-electron chi connectivity index (χ4n) is 2.90. The minimum absolute atomic E-state index is 0.0526. The summed E-state index contributed by atoms with van der Waals surface area (Å²) < 4.78 is 0. The smallest absolute Gasteiger partial charge is 0.319 e. The minimum Gasteiger partial charge on any atom is -0.337 e. The average molecular weight is 416 g/mol. The summed E-state index contributed by atoms with van der Waals surface area (Å²) in [7, 11) is 0. The van der Waals surface area contributed by atoms with Crippen LogP contribution in [0, 0.1) is 6.92 Å². The number of hydrogen-bond acceptors (Lipinski definition) is 4. The number of aryl methyl sites for hydroxylation is 1. The zero-order valence-corrected chi connectivity index (χ0v) is 16.8. The van der Waals surface area contributed by atoms with Crippen molar-refractivity contribution in [3.63, 3.8) is 0 Å². The van der Waals surface area contributed by atoms with Crippen LogP contribution in [0.4, 0.5) is 22.0 Å². The van der Waals surface area contributed by atoms with Gasteiger partial charge in [-0.2, -0.15) is 0 Å². The summed E-state index contributed by atoms with van der Waals surface area (Å²) in [6.07, 6.45) is 3.09. The van der Waals surface area contributed by atoms with Crippen LogP contribution in [0.25, 0.3) is 0 Å². The van der Waals surface area contributed by atoms with Crippen molar-refractivity contribution in [2.24, 2.45) is 0 Å². The lowest BCUT2D eigenvalue weighted by Gasteiger charge is -2.17. The monoisotopic (exact) mass is 415 g/mol. The van der Waals surface area contributed by atoms with E-state index in [1.807, 2.05) is 13.0 Å². The highest BCUT2D eigenvalue weighted by Crippen LogP contribution is 2.29. The molecule has 1 aromatic carbocycles. The molecule has 1 aliphatic heterocycles. The molecule has 0 bridgehead atoms. The Bertz CT molecular complexity index is 917. The standard InChI is InChI=1S/C20H22ClN5O3/c1-13-4-7-17(23-12-13)25-18(27)8-9-22-20(29)24-16-11-14(5-6-15(16)21)26-10-2-3-19(26)28/h4-7,11-12H,2-3,8-10H2,1H3,(H2,22,24,29)(H,23,25,27). The Hall–Kier alpha value is -3.13. The Morgan fingerprint density at radius 2 is 2.03 bits per heavy atom. The van der Waals surface area contributed by atoms with E-state index in [-0.39, 0.29) is 24.8 Å². The fraction of sp³-hybridized carbons (Fsp3) is 0.300. The number of benzene rings is 1. The third-order valence-corrected chi connectivity index (χ3v) is 4.73. The third kappa shape index (κ3) is 5.68. The number of anilines is 3. The maximum Gasteiger partial charge on any atom is 0.319 e. The van der Waals surface area contributed by atoms with Gasteiger partial charge in [0.15, 0.2) is 0 Å². The number of amides is 4. The van der Waals surface area contributed by atoms with Crippen molar-refractivity contribution in [1.82, 2.24) is 10.3 Å². The molecule has 0 atom stereocenters. The molecule has 1 fully saturated rings. The molecule has 3 rings (SSSR count). The molecular formula is C20H22ClN5O3. The largest absolute Gasteiger partial charge is 0.337 e. The Morgan fingerprint density at radius 3 is 2.72 bits per heavy atom. The number of carbonyl (C=O) groups is 3. The van der Waals surface area contributed by atoms with Crippen molar-refractivity contribution in [3.8, 4) is 0 Å². The van der Waals surface area contributed by atoms with Gasteiger partial charge in [0.1, 0.15) is 5.82 Å². The van der Waals surface area contributed by atoms with E-state index >= 15 is 0 Å². The quantitative estimate of drug-likeness (QED) is 0.673. The Morgan fingerprint density at radius 1 is 1.21 bits per heavy atom. The number of pyridine rings is 1. The third-order valence-electron chi connectivity index (χ3n) is 4.40. The topological polar surface area (TPSA) is 103 Å². The van der Waals surface area contributed by atoms with Gasteiger partial charge in [-0.05, 0) is 43.2 Å². The lowest BCUT2D eigenvalue weighted by molar-refractivity contribution is -0.117. The summed E-state index contributed by atoms with van der Waals surface area (Å²) >= 11 is 6.15. The van der Waals surface area contributed by atoms with Crippen molar-refractivity contribution in [1.29, 1.82) is 0 Å². The molecule has 9 heteroatoms. The molecule has 1 saturated heterocycles. The summed E-state index contributed by atoms with van der Waals surface area (Å²) in [4.78, 5) is 41.7. The first kappa shape index (κ1) is 20.6. The zero-order valence-electron chi connectivity index (χ0n) is 16.0. The van der Waals surface area contributed by atoms with E-state index in [1.165, 1.54) is 0 Å². The van der Waals surface area contributed by atoms with E-state index in [2.05, 4.69) is 20.9 Å². The molecule has 152 valence electrons. The van der Waals surface area contributed by atoms with Gasteiger partial charge >= 0.3 is 6.03 Å². The molecule has 2 aromatic rings. The van der Waals surface area contributed by atoms with Crippen LogP contribution in [0.15, 0.2) is 36.5 Å². The Kier molecular flexibility index (Phi) is 6.66. The molecule has 8 nitrogen and oxygen atoms in total. The highest BCUT2D eigenvalue weighted by atomic mass is 35.5. The number of carbonyl (C=O) groups excluding carboxylic acids is 3. The molecule has 0 unspecified atom stereocenters. The predicted octanol–water partition coefficient (Wildman–Crippen LogP) is 3.32. The second kappa shape index (κ2) is 9.38.